The maximum atomic E-state index is 12.0. The molecule has 1 aromatic carbocycles. The zero-order valence-electron chi connectivity index (χ0n) is 11.7. The van der Waals surface area contributed by atoms with Crippen LogP contribution in [0.25, 0.3) is 11.4 Å². The summed E-state index contributed by atoms with van der Waals surface area (Å²) in [4.78, 5) is 20.8. The number of aromatic hydroxyl groups is 1. The SMILES string of the molecule is CCOC(=O)c1cnc(-c2ccc(O)cc2)nc1C1CC1. The summed E-state index contributed by atoms with van der Waals surface area (Å²) in [6.07, 6.45) is 3.62. The van der Waals surface area contributed by atoms with E-state index in [2.05, 4.69) is 9.97 Å². The van der Waals surface area contributed by atoms with E-state index in [0.717, 1.165) is 24.1 Å². The van der Waals surface area contributed by atoms with Gasteiger partial charge in [0, 0.05) is 17.7 Å². The lowest BCUT2D eigenvalue weighted by Gasteiger charge is -2.09. The Labute approximate surface area is 122 Å². The van der Waals surface area contributed by atoms with Crippen LogP contribution >= 0.6 is 0 Å². The Morgan fingerprint density at radius 2 is 2.05 bits per heavy atom. The molecule has 2 aromatic rings. The monoisotopic (exact) mass is 284 g/mol. The van der Waals surface area contributed by atoms with Gasteiger partial charge in [-0.3, -0.25) is 0 Å². The van der Waals surface area contributed by atoms with Gasteiger partial charge in [-0.05, 0) is 44.0 Å². The van der Waals surface area contributed by atoms with Gasteiger partial charge in [0.1, 0.15) is 5.75 Å². The van der Waals surface area contributed by atoms with Crippen molar-refractivity contribution in [2.24, 2.45) is 0 Å². The lowest BCUT2D eigenvalue weighted by atomic mass is 10.1. The Hall–Kier alpha value is -2.43. The number of carbonyl (C=O) groups excluding carboxylic acids is 1. The van der Waals surface area contributed by atoms with Crippen molar-refractivity contribution >= 4 is 5.97 Å². The van der Waals surface area contributed by atoms with Crippen LogP contribution in [0.5, 0.6) is 5.75 Å². The average molecular weight is 284 g/mol. The number of nitrogens with zero attached hydrogens (tertiary/aromatic N) is 2. The van der Waals surface area contributed by atoms with E-state index in [9.17, 15) is 9.90 Å². The summed E-state index contributed by atoms with van der Waals surface area (Å²) in [6.45, 7) is 2.11. The van der Waals surface area contributed by atoms with Gasteiger partial charge in [-0.25, -0.2) is 14.8 Å². The number of benzene rings is 1. The number of hydrogen-bond donors (Lipinski definition) is 1. The van der Waals surface area contributed by atoms with Crippen LogP contribution in [0.3, 0.4) is 0 Å². The molecule has 1 aliphatic carbocycles. The minimum atomic E-state index is -0.364. The van der Waals surface area contributed by atoms with E-state index in [1.807, 2.05) is 0 Å². The first-order chi connectivity index (χ1) is 10.2. The van der Waals surface area contributed by atoms with Gasteiger partial charge in [-0.15, -0.1) is 0 Å². The second kappa shape index (κ2) is 5.52. The second-order valence-electron chi connectivity index (χ2n) is 5.03. The highest BCUT2D eigenvalue weighted by Crippen LogP contribution is 2.41. The van der Waals surface area contributed by atoms with Gasteiger partial charge in [0.05, 0.1) is 17.9 Å². The van der Waals surface area contributed by atoms with Gasteiger partial charge in [0.25, 0.3) is 0 Å². The number of phenolic OH excluding ortho intramolecular Hbond substituents is 1. The van der Waals surface area contributed by atoms with Gasteiger partial charge in [-0.1, -0.05) is 0 Å². The largest absolute Gasteiger partial charge is 0.508 e. The maximum Gasteiger partial charge on any atom is 0.341 e. The minimum absolute atomic E-state index is 0.198. The Kier molecular flexibility index (Phi) is 3.56. The molecule has 1 aromatic heterocycles. The molecule has 1 saturated carbocycles. The standard InChI is InChI=1S/C16H16N2O3/c1-2-21-16(20)13-9-17-15(18-14(13)10-3-4-10)11-5-7-12(19)8-6-11/h5-10,19H,2-4H2,1H3. The smallest absolute Gasteiger partial charge is 0.341 e. The lowest BCUT2D eigenvalue weighted by Crippen LogP contribution is -2.10. The molecule has 5 nitrogen and oxygen atoms in total. The number of esters is 1. The van der Waals surface area contributed by atoms with Crippen molar-refractivity contribution in [3.8, 4) is 17.1 Å². The van der Waals surface area contributed by atoms with Crippen molar-refractivity contribution in [3.63, 3.8) is 0 Å². The van der Waals surface area contributed by atoms with E-state index in [-0.39, 0.29) is 11.7 Å². The number of rotatable bonds is 4. The molecular weight excluding hydrogens is 268 g/mol. The van der Waals surface area contributed by atoms with Crippen LogP contribution in [-0.4, -0.2) is 27.7 Å². The molecule has 0 atom stereocenters. The first-order valence-corrected chi connectivity index (χ1v) is 7.02. The number of hydrogen-bond acceptors (Lipinski definition) is 5. The number of carbonyl (C=O) groups is 1. The summed E-state index contributed by atoms with van der Waals surface area (Å²) in [5.41, 5.74) is 2.04. The molecule has 108 valence electrons. The van der Waals surface area contributed by atoms with Crippen molar-refractivity contribution in [2.75, 3.05) is 6.61 Å². The first-order valence-electron chi connectivity index (χ1n) is 7.02. The first kappa shape index (κ1) is 13.5. The zero-order valence-corrected chi connectivity index (χ0v) is 11.7. The van der Waals surface area contributed by atoms with Crippen LogP contribution in [0.4, 0.5) is 0 Å². The fraction of sp³-hybridized carbons (Fsp3) is 0.312. The van der Waals surface area contributed by atoms with Crippen LogP contribution in [-0.2, 0) is 4.74 Å². The highest BCUT2D eigenvalue weighted by molar-refractivity contribution is 5.90. The Morgan fingerprint density at radius 3 is 2.67 bits per heavy atom. The Balaban J connectivity index is 1.99. The zero-order chi connectivity index (χ0) is 14.8. The van der Waals surface area contributed by atoms with E-state index >= 15 is 0 Å². The molecule has 0 bridgehead atoms. The summed E-state index contributed by atoms with van der Waals surface area (Å²) >= 11 is 0. The van der Waals surface area contributed by atoms with Crippen molar-refractivity contribution in [1.29, 1.82) is 0 Å². The molecule has 0 aliphatic heterocycles. The van der Waals surface area contributed by atoms with Gasteiger partial charge in [0.2, 0.25) is 0 Å². The average Bonchev–Trinajstić information content (AvgIpc) is 3.32. The maximum absolute atomic E-state index is 12.0. The third-order valence-corrected chi connectivity index (χ3v) is 3.40. The normalized spacial score (nSPS) is 14.0. The van der Waals surface area contributed by atoms with Crippen LogP contribution < -0.4 is 0 Å². The molecule has 0 spiro atoms. The highest BCUT2D eigenvalue weighted by Gasteiger charge is 2.31. The molecule has 1 heterocycles. The molecular formula is C16H16N2O3. The molecule has 3 rings (SSSR count). The molecule has 0 saturated heterocycles. The van der Waals surface area contributed by atoms with E-state index in [1.165, 1.54) is 0 Å². The molecule has 0 amide bonds. The Bertz CT molecular complexity index is 664. The Morgan fingerprint density at radius 1 is 1.33 bits per heavy atom. The van der Waals surface area contributed by atoms with Crippen LogP contribution in [0, 0.1) is 0 Å². The van der Waals surface area contributed by atoms with E-state index < -0.39 is 0 Å². The summed E-state index contributed by atoms with van der Waals surface area (Å²) in [6, 6.07) is 6.69. The quantitative estimate of drug-likeness (QED) is 0.874. The molecule has 5 heteroatoms. The van der Waals surface area contributed by atoms with Crippen molar-refractivity contribution in [2.45, 2.75) is 25.7 Å². The molecule has 0 radical (unpaired) electrons. The third-order valence-electron chi connectivity index (χ3n) is 3.40. The van der Waals surface area contributed by atoms with Crippen LogP contribution in [0.15, 0.2) is 30.5 Å². The van der Waals surface area contributed by atoms with Crippen LogP contribution in [0.2, 0.25) is 0 Å². The van der Waals surface area contributed by atoms with Crippen molar-refractivity contribution in [1.82, 2.24) is 9.97 Å². The molecule has 1 aliphatic rings. The molecule has 21 heavy (non-hydrogen) atoms. The number of phenols is 1. The summed E-state index contributed by atoms with van der Waals surface area (Å²) in [5.74, 6) is 0.717. The summed E-state index contributed by atoms with van der Waals surface area (Å²) in [5, 5.41) is 9.33. The van der Waals surface area contributed by atoms with Gasteiger partial charge in [-0.2, -0.15) is 0 Å². The topological polar surface area (TPSA) is 72.3 Å². The minimum Gasteiger partial charge on any atom is -0.508 e. The lowest BCUT2D eigenvalue weighted by molar-refractivity contribution is 0.0524. The molecule has 0 unspecified atom stereocenters. The predicted molar refractivity (Wildman–Crippen MR) is 77.1 cm³/mol. The van der Waals surface area contributed by atoms with Crippen LogP contribution in [0.1, 0.15) is 41.7 Å². The fourth-order valence-corrected chi connectivity index (χ4v) is 2.18. The van der Waals surface area contributed by atoms with Gasteiger partial charge in [0.15, 0.2) is 5.82 Å². The number of ether oxygens (including phenoxy) is 1. The van der Waals surface area contributed by atoms with Crippen molar-refractivity contribution in [3.05, 3.63) is 41.7 Å². The molecule has 1 fully saturated rings. The summed E-state index contributed by atoms with van der Waals surface area (Å²) < 4.78 is 5.06. The van der Waals surface area contributed by atoms with Gasteiger partial charge < -0.3 is 9.84 Å². The molecule has 1 N–H and O–H groups in total. The predicted octanol–water partition coefficient (Wildman–Crippen LogP) is 2.90. The third kappa shape index (κ3) is 2.86. The summed E-state index contributed by atoms with van der Waals surface area (Å²) in [7, 11) is 0. The number of aromatic nitrogens is 2. The van der Waals surface area contributed by atoms with E-state index in [1.54, 1.807) is 37.4 Å². The highest BCUT2D eigenvalue weighted by atomic mass is 16.5. The second-order valence-corrected chi connectivity index (χ2v) is 5.03. The fourth-order valence-electron chi connectivity index (χ4n) is 2.18. The van der Waals surface area contributed by atoms with Crippen molar-refractivity contribution < 1.29 is 14.6 Å². The van der Waals surface area contributed by atoms with Gasteiger partial charge >= 0.3 is 5.97 Å². The van der Waals surface area contributed by atoms with E-state index in [0.29, 0.717) is 23.9 Å². The van der Waals surface area contributed by atoms with E-state index in [4.69, 9.17) is 4.74 Å².